The van der Waals surface area contributed by atoms with Crippen molar-refractivity contribution >= 4 is 11.8 Å². The fourth-order valence-corrected chi connectivity index (χ4v) is 3.78. The number of rotatable bonds is 2. The van der Waals surface area contributed by atoms with Crippen molar-refractivity contribution in [3.05, 3.63) is 29.3 Å². The fraction of sp³-hybridized carbons (Fsp3) is 0.571. The summed E-state index contributed by atoms with van der Waals surface area (Å²) in [5, 5.41) is 0.727. The summed E-state index contributed by atoms with van der Waals surface area (Å²) in [5.41, 5.74) is 8.78. The molecule has 2 N–H and O–H groups in total. The molecule has 88 valence electrons. The first-order valence-corrected chi connectivity index (χ1v) is 7.02. The van der Waals surface area contributed by atoms with Gasteiger partial charge in [0.25, 0.3) is 0 Å². The lowest BCUT2D eigenvalue weighted by atomic mass is 9.96. The number of hydrogen-bond donors (Lipinski definition) is 1. The molecule has 0 bridgehead atoms. The average Bonchev–Trinajstić information content (AvgIpc) is 2.22. The smallest absolute Gasteiger partial charge is 0.0109 e. The summed E-state index contributed by atoms with van der Waals surface area (Å²) >= 11 is 2.02. The summed E-state index contributed by atoms with van der Waals surface area (Å²) < 4.78 is 0. The van der Waals surface area contributed by atoms with E-state index in [1.807, 2.05) is 11.8 Å². The number of benzene rings is 1. The molecule has 2 rings (SSSR count). The molecule has 16 heavy (non-hydrogen) atoms. The summed E-state index contributed by atoms with van der Waals surface area (Å²) in [6, 6.07) is 7.16. The zero-order valence-corrected chi connectivity index (χ0v) is 11.0. The van der Waals surface area contributed by atoms with Crippen molar-refractivity contribution in [3.8, 4) is 0 Å². The van der Waals surface area contributed by atoms with Gasteiger partial charge in [-0.1, -0.05) is 24.1 Å². The number of hydrogen-bond acceptors (Lipinski definition) is 2. The van der Waals surface area contributed by atoms with E-state index in [2.05, 4.69) is 32.0 Å². The Kier molecular flexibility index (Phi) is 3.93. The quantitative estimate of drug-likeness (QED) is 0.846. The predicted octanol–water partition coefficient (Wildman–Crippen LogP) is 3.67. The van der Waals surface area contributed by atoms with Gasteiger partial charge in [-0.2, -0.15) is 0 Å². The number of thioether (sulfide) groups is 1. The second kappa shape index (κ2) is 5.24. The maximum Gasteiger partial charge on any atom is 0.0109 e. The van der Waals surface area contributed by atoms with Gasteiger partial charge >= 0.3 is 0 Å². The lowest BCUT2D eigenvalue weighted by Crippen LogP contribution is -2.29. The van der Waals surface area contributed by atoms with Gasteiger partial charge in [-0.15, -0.1) is 11.8 Å². The van der Waals surface area contributed by atoms with Gasteiger partial charge in [0.2, 0.25) is 0 Å². The molecular formula is C14H21NS. The highest BCUT2D eigenvalue weighted by molar-refractivity contribution is 8.00. The predicted molar refractivity (Wildman–Crippen MR) is 72.0 cm³/mol. The highest BCUT2D eigenvalue weighted by atomic mass is 32.2. The van der Waals surface area contributed by atoms with Crippen LogP contribution in [0, 0.1) is 13.8 Å². The Morgan fingerprint density at radius 1 is 1.25 bits per heavy atom. The molecule has 1 aromatic carbocycles. The fourth-order valence-electron chi connectivity index (χ4n) is 2.40. The monoisotopic (exact) mass is 235 g/mol. The van der Waals surface area contributed by atoms with Crippen LogP contribution < -0.4 is 5.73 Å². The van der Waals surface area contributed by atoms with Crippen LogP contribution in [0.2, 0.25) is 0 Å². The summed E-state index contributed by atoms with van der Waals surface area (Å²) in [5.74, 6) is 0. The zero-order valence-electron chi connectivity index (χ0n) is 10.2. The van der Waals surface area contributed by atoms with Gasteiger partial charge in [0, 0.05) is 16.2 Å². The van der Waals surface area contributed by atoms with Gasteiger partial charge in [0.1, 0.15) is 0 Å². The molecule has 1 fully saturated rings. The summed E-state index contributed by atoms with van der Waals surface area (Å²) in [6.07, 6.45) is 5.01. The molecule has 0 amide bonds. The first-order valence-electron chi connectivity index (χ1n) is 6.14. The second-order valence-electron chi connectivity index (χ2n) is 4.94. The molecule has 0 aliphatic heterocycles. The first-order chi connectivity index (χ1) is 7.65. The van der Waals surface area contributed by atoms with Crippen molar-refractivity contribution in [1.29, 1.82) is 0 Å². The second-order valence-corrected chi connectivity index (χ2v) is 6.28. The third kappa shape index (κ3) is 3.02. The van der Waals surface area contributed by atoms with Crippen molar-refractivity contribution in [3.63, 3.8) is 0 Å². The molecule has 1 aromatic rings. The van der Waals surface area contributed by atoms with Crippen LogP contribution in [0.1, 0.15) is 36.8 Å². The lowest BCUT2D eigenvalue weighted by Gasteiger charge is -2.26. The summed E-state index contributed by atoms with van der Waals surface area (Å²) in [4.78, 5) is 1.43. The Balaban J connectivity index is 2.02. The Morgan fingerprint density at radius 3 is 2.75 bits per heavy atom. The van der Waals surface area contributed by atoms with E-state index >= 15 is 0 Å². The minimum Gasteiger partial charge on any atom is -0.328 e. The summed E-state index contributed by atoms with van der Waals surface area (Å²) in [6.45, 7) is 4.36. The summed E-state index contributed by atoms with van der Waals surface area (Å²) in [7, 11) is 0. The van der Waals surface area contributed by atoms with Gasteiger partial charge < -0.3 is 5.73 Å². The molecule has 1 nitrogen and oxygen atoms in total. The molecule has 0 saturated heterocycles. The van der Waals surface area contributed by atoms with Crippen LogP contribution in [-0.4, -0.2) is 11.3 Å². The van der Waals surface area contributed by atoms with Crippen LogP contribution in [0.25, 0.3) is 0 Å². The highest BCUT2D eigenvalue weighted by Gasteiger charge is 2.20. The molecular weight excluding hydrogens is 214 g/mol. The molecule has 1 aliphatic rings. The third-order valence-corrected chi connectivity index (χ3v) is 4.76. The van der Waals surface area contributed by atoms with E-state index in [-0.39, 0.29) is 0 Å². The van der Waals surface area contributed by atoms with Gasteiger partial charge in [-0.05, 0) is 44.7 Å². The van der Waals surface area contributed by atoms with Gasteiger partial charge in [-0.3, -0.25) is 0 Å². The Labute approximate surface area is 103 Å². The lowest BCUT2D eigenvalue weighted by molar-refractivity contribution is 0.451. The molecule has 1 saturated carbocycles. The van der Waals surface area contributed by atoms with Crippen molar-refractivity contribution in [2.24, 2.45) is 5.73 Å². The molecule has 2 unspecified atom stereocenters. The highest BCUT2D eigenvalue weighted by Crippen LogP contribution is 2.34. The molecule has 1 aliphatic carbocycles. The molecule has 2 heteroatoms. The van der Waals surface area contributed by atoms with Crippen LogP contribution in [0.5, 0.6) is 0 Å². The van der Waals surface area contributed by atoms with Crippen LogP contribution in [0.4, 0.5) is 0 Å². The number of aryl methyl sites for hydroxylation is 2. The standard InChI is InChI=1S/C14H21NS/c1-10-6-7-14(11(2)8-10)16-13-5-3-4-12(15)9-13/h6-8,12-13H,3-5,9,15H2,1-2H3. The van der Waals surface area contributed by atoms with E-state index < -0.39 is 0 Å². The first kappa shape index (κ1) is 12.0. The Bertz CT molecular complexity index is 362. The van der Waals surface area contributed by atoms with Crippen molar-refractivity contribution in [1.82, 2.24) is 0 Å². The molecule has 2 atom stereocenters. The van der Waals surface area contributed by atoms with Crippen molar-refractivity contribution in [2.75, 3.05) is 0 Å². The van der Waals surface area contributed by atoms with Gasteiger partial charge in [0.05, 0.1) is 0 Å². The molecule has 0 radical (unpaired) electrons. The largest absolute Gasteiger partial charge is 0.328 e. The maximum atomic E-state index is 6.03. The Hall–Kier alpha value is -0.470. The third-order valence-electron chi connectivity index (χ3n) is 3.29. The van der Waals surface area contributed by atoms with E-state index in [1.54, 1.807) is 0 Å². The molecule has 0 spiro atoms. The molecule has 0 heterocycles. The average molecular weight is 235 g/mol. The minimum atomic E-state index is 0.428. The van der Waals surface area contributed by atoms with Crippen LogP contribution in [0.3, 0.4) is 0 Å². The van der Waals surface area contributed by atoms with Crippen molar-refractivity contribution in [2.45, 2.75) is 55.7 Å². The normalized spacial score (nSPS) is 25.7. The van der Waals surface area contributed by atoms with E-state index in [9.17, 15) is 0 Å². The van der Waals surface area contributed by atoms with Crippen LogP contribution in [-0.2, 0) is 0 Å². The SMILES string of the molecule is Cc1ccc(SC2CCCC(N)C2)c(C)c1. The van der Waals surface area contributed by atoms with E-state index in [0.29, 0.717) is 6.04 Å². The van der Waals surface area contributed by atoms with Gasteiger partial charge in [-0.25, -0.2) is 0 Å². The van der Waals surface area contributed by atoms with E-state index in [0.717, 1.165) is 5.25 Å². The minimum absolute atomic E-state index is 0.428. The topological polar surface area (TPSA) is 26.0 Å². The van der Waals surface area contributed by atoms with E-state index in [1.165, 1.54) is 41.7 Å². The van der Waals surface area contributed by atoms with Crippen LogP contribution in [0.15, 0.2) is 23.1 Å². The zero-order chi connectivity index (χ0) is 11.5. The number of nitrogens with two attached hydrogens (primary N) is 1. The van der Waals surface area contributed by atoms with Crippen LogP contribution >= 0.6 is 11.8 Å². The van der Waals surface area contributed by atoms with Gasteiger partial charge in [0.15, 0.2) is 0 Å². The van der Waals surface area contributed by atoms with E-state index in [4.69, 9.17) is 5.73 Å². The maximum absolute atomic E-state index is 6.03. The van der Waals surface area contributed by atoms with Crippen molar-refractivity contribution < 1.29 is 0 Å². The molecule has 0 aromatic heterocycles. The Morgan fingerprint density at radius 2 is 2.06 bits per heavy atom.